The molecule has 0 radical (unpaired) electrons. The van der Waals surface area contributed by atoms with E-state index in [1.807, 2.05) is 36.7 Å². The maximum atomic E-state index is 12.5. The zero-order valence-electron chi connectivity index (χ0n) is 27.6. The van der Waals surface area contributed by atoms with Crippen LogP contribution in [-0.2, 0) is 16.9 Å². The third kappa shape index (κ3) is 8.73. The molecule has 2 saturated carbocycles. The van der Waals surface area contributed by atoms with E-state index in [4.69, 9.17) is 21.4 Å². The highest BCUT2D eigenvalue weighted by molar-refractivity contribution is 6.31. The summed E-state index contributed by atoms with van der Waals surface area (Å²) in [4.78, 5) is 18.3. The summed E-state index contributed by atoms with van der Waals surface area (Å²) >= 11 is 6.70. The number of carbonyl (C=O) groups excluding carboxylic acids is 1. The lowest BCUT2D eigenvalue weighted by molar-refractivity contribution is -0.157. The van der Waals surface area contributed by atoms with Crippen LogP contribution in [0.25, 0.3) is 11.1 Å². The molecular weight excluding hydrogens is 634 g/mol. The Kier molecular flexibility index (Phi) is 12.1. The summed E-state index contributed by atoms with van der Waals surface area (Å²) in [6, 6.07) is 16.5. The van der Waals surface area contributed by atoms with Crippen molar-refractivity contribution in [2.24, 2.45) is 0 Å². The van der Waals surface area contributed by atoms with Gasteiger partial charge in [-0.25, -0.2) is 0 Å². The number of halogens is 1. The Bertz CT molecular complexity index is 1530. The Hall–Kier alpha value is -3.09. The SMILES string of the molecule is CC(CCCCN(C)C(=O)C(O)C(O)C(O)C(O)CO)c1ccc(Cl)c(CNC2(c3cnccc3-c3ccccc3OC3CC3)CC2)c1. The fraction of sp³-hybridized carbons (Fsp3) is 0.514. The number of nitrogens with zero attached hydrogens (tertiary/aromatic N) is 2. The molecule has 1 amide bonds. The average Bonchev–Trinajstić information content (AvgIpc) is 4.05. The molecule has 5 unspecified atom stereocenters. The Morgan fingerprint density at radius 2 is 1.81 bits per heavy atom. The molecule has 2 aliphatic rings. The van der Waals surface area contributed by atoms with Gasteiger partial charge in [-0.15, -0.1) is 0 Å². The number of pyridine rings is 1. The van der Waals surface area contributed by atoms with Crippen molar-refractivity contribution in [2.45, 2.75) is 100 Å². The molecule has 5 atom stereocenters. The second-order valence-corrected chi connectivity index (χ2v) is 13.8. The minimum atomic E-state index is -1.92. The molecule has 2 aromatic carbocycles. The average molecular weight is 682 g/mol. The molecule has 2 aliphatic carbocycles. The van der Waals surface area contributed by atoms with Crippen LogP contribution in [0.3, 0.4) is 0 Å². The van der Waals surface area contributed by atoms with E-state index in [-0.39, 0.29) is 11.5 Å². The Labute approximate surface area is 287 Å². The fourth-order valence-electron chi connectivity index (χ4n) is 6.11. The lowest BCUT2D eigenvalue weighted by Gasteiger charge is -2.28. The summed E-state index contributed by atoms with van der Waals surface area (Å²) in [5, 5.41) is 53.0. The van der Waals surface area contributed by atoms with Gasteiger partial charge in [0, 0.05) is 48.7 Å². The van der Waals surface area contributed by atoms with Crippen molar-refractivity contribution in [3.8, 4) is 16.9 Å². The standard InChI is InChI=1S/C37H48ClN3O7/c1-23(7-5-6-18-41(2)36(47)35(46)34(45)33(44)31(43)22-42)24-10-13-30(38)25(19-24)20-40-37(15-16-37)29-21-39-17-14-27(29)28-8-3-4-9-32(28)48-26-11-12-26/h3-4,8-10,13-14,17,19,21,23,26,31,33-35,40,42-46H,5-7,11-12,15-16,18,20,22H2,1-2H3. The normalized spacial score (nSPS) is 18.4. The molecule has 260 valence electrons. The summed E-state index contributed by atoms with van der Waals surface area (Å²) in [5.74, 6) is 0.391. The number of aliphatic hydroxyl groups excluding tert-OH is 5. The molecule has 11 heteroatoms. The van der Waals surface area contributed by atoms with Gasteiger partial charge in [0.25, 0.3) is 5.91 Å². The minimum Gasteiger partial charge on any atom is -0.490 e. The van der Waals surface area contributed by atoms with Gasteiger partial charge in [-0.2, -0.15) is 0 Å². The maximum Gasteiger partial charge on any atom is 0.253 e. The first kappa shape index (κ1) is 36.2. The molecule has 1 aromatic heterocycles. The van der Waals surface area contributed by atoms with E-state index in [1.54, 1.807) is 0 Å². The van der Waals surface area contributed by atoms with Crippen molar-refractivity contribution >= 4 is 17.5 Å². The number of ether oxygens (including phenoxy) is 1. The molecule has 0 bridgehead atoms. The first-order valence-electron chi connectivity index (χ1n) is 16.9. The predicted molar refractivity (Wildman–Crippen MR) is 184 cm³/mol. The summed E-state index contributed by atoms with van der Waals surface area (Å²) in [5.41, 5.74) is 5.41. The maximum absolute atomic E-state index is 12.5. The van der Waals surface area contributed by atoms with E-state index >= 15 is 0 Å². The monoisotopic (exact) mass is 681 g/mol. The van der Waals surface area contributed by atoms with Crippen molar-refractivity contribution in [1.29, 1.82) is 0 Å². The number of para-hydroxylation sites is 1. The smallest absolute Gasteiger partial charge is 0.253 e. The molecule has 0 saturated heterocycles. The number of unbranched alkanes of at least 4 members (excludes halogenated alkanes) is 1. The molecule has 5 rings (SSSR count). The number of carbonyl (C=O) groups is 1. The van der Waals surface area contributed by atoms with Crippen molar-refractivity contribution < 1.29 is 35.1 Å². The summed E-state index contributed by atoms with van der Waals surface area (Å²) in [6.07, 6.45) is 3.34. The van der Waals surface area contributed by atoms with Crippen LogP contribution < -0.4 is 10.1 Å². The molecule has 1 heterocycles. The van der Waals surface area contributed by atoms with E-state index < -0.39 is 36.9 Å². The van der Waals surface area contributed by atoms with Gasteiger partial charge in [0.1, 0.15) is 24.1 Å². The van der Waals surface area contributed by atoms with Gasteiger partial charge in [-0.1, -0.05) is 55.3 Å². The topological polar surface area (TPSA) is 156 Å². The zero-order chi connectivity index (χ0) is 34.4. The van der Waals surface area contributed by atoms with E-state index in [0.717, 1.165) is 61.0 Å². The van der Waals surface area contributed by atoms with Gasteiger partial charge in [0.2, 0.25) is 0 Å². The number of nitrogens with one attached hydrogen (secondary N) is 1. The van der Waals surface area contributed by atoms with Crippen LogP contribution in [0.2, 0.25) is 5.02 Å². The largest absolute Gasteiger partial charge is 0.490 e. The number of hydrogen-bond donors (Lipinski definition) is 6. The Balaban J connectivity index is 1.16. The lowest BCUT2D eigenvalue weighted by Crippen LogP contribution is -2.52. The van der Waals surface area contributed by atoms with Gasteiger partial charge < -0.3 is 40.5 Å². The predicted octanol–water partition coefficient (Wildman–Crippen LogP) is 3.89. The fourth-order valence-corrected chi connectivity index (χ4v) is 6.29. The molecular formula is C37H48ClN3O7. The Morgan fingerprint density at radius 1 is 1.06 bits per heavy atom. The molecule has 0 aliphatic heterocycles. The summed E-state index contributed by atoms with van der Waals surface area (Å²) in [7, 11) is 1.51. The van der Waals surface area contributed by atoms with E-state index in [9.17, 15) is 25.2 Å². The quantitative estimate of drug-likeness (QED) is 0.110. The van der Waals surface area contributed by atoms with Gasteiger partial charge in [-0.3, -0.25) is 9.78 Å². The second kappa shape index (κ2) is 16.1. The lowest BCUT2D eigenvalue weighted by atomic mass is 9.93. The Morgan fingerprint density at radius 3 is 2.52 bits per heavy atom. The van der Waals surface area contributed by atoms with Crippen molar-refractivity contribution in [3.63, 3.8) is 0 Å². The van der Waals surface area contributed by atoms with Crippen LogP contribution in [0.4, 0.5) is 0 Å². The number of hydrogen-bond acceptors (Lipinski definition) is 9. The van der Waals surface area contributed by atoms with Crippen LogP contribution >= 0.6 is 11.6 Å². The van der Waals surface area contributed by atoms with E-state index in [0.29, 0.717) is 30.6 Å². The van der Waals surface area contributed by atoms with Crippen molar-refractivity contribution in [1.82, 2.24) is 15.2 Å². The summed E-state index contributed by atoms with van der Waals surface area (Å²) < 4.78 is 6.26. The van der Waals surface area contributed by atoms with Gasteiger partial charge in [0.05, 0.1) is 12.7 Å². The summed E-state index contributed by atoms with van der Waals surface area (Å²) in [6.45, 7) is 2.31. The number of aromatic nitrogens is 1. The van der Waals surface area contributed by atoms with Crippen LogP contribution in [0.5, 0.6) is 5.75 Å². The second-order valence-electron chi connectivity index (χ2n) is 13.4. The third-order valence-electron chi connectivity index (χ3n) is 9.60. The minimum absolute atomic E-state index is 0.189. The third-order valence-corrected chi connectivity index (χ3v) is 9.97. The van der Waals surface area contributed by atoms with Gasteiger partial charge >= 0.3 is 0 Å². The zero-order valence-corrected chi connectivity index (χ0v) is 28.4. The van der Waals surface area contributed by atoms with Crippen molar-refractivity contribution in [2.75, 3.05) is 20.2 Å². The number of likely N-dealkylation sites (N-methyl/N-ethyl adjacent to an activating group) is 1. The molecule has 48 heavy (non-hydrogen) atoms. The number of benzene rings is 2. The number of rotatable bonds is 18. The number of aliphatic hydroxyl groups is 5. The number of amides is 1. The van der Waals surface area contributed by atoms with E-state index in [2.05, 4.69) is 41.5 Å². The first-order valence-corrected chi connectivity index (χ1v) is 17.2. The van der Waals surface area contributed by atoms with E-state index in [1.165, 1.54) is 23.1 Å². The molecule has 3 aromatic rings. The van der Waals surface area contributed by atoms with Crippen LogP contribution in [0, 0.1) is 0 Å². The van der Waals surface area contributed by atoms with Crippen LogP contribution in [-0.4, -0.2) is 92.0 Å². The highest BCUT2D eigenvalue weighted by Crippen LogP contribution is 2.50. The van der Waals surface area contributed by atoms with Gasteiger partial charge in [0.15, 0.2) is 6.10 Å². The molecule has 6 N–H and O–H groups in total. The molecule has 10 nitrogen and oxygen atoms in total. The van der Waals surface area contributed by atoms with Crippen LogP contribution in [0.15, 0.2) is 60.9 Å². The molecule has 2 fully saturated rings. The molecule has 0 spiro atoms. The van der Waals surface area contributed by atoms with Crippen molar-refractivity contribution in [3.05, 3.63) is 82.6 Å². The highest BCUT2D eigenvalue weighted by atomic mass is 35.5. The highest BCUT2D eigenvalue weighted by Gasteiger charge is 2.46. The first-order chi connectivity index (χ1) is 23.0. The van der Waals surface area contributed by atoms with Crippen LogP contribution in [0.1, 0.15) is 74.5 Å². The van der Waals surface area contributed by atoms with Gasteiger partial charge in [-0.05, 0) is 84.9 Å².